The monoisotopic (exact) mass is 430 g/mol. The lowest BCUT2D eigenvalue weighted by Gasteiger charge is -2.64. The van der Waals surface area contributed by atoms with Gasteiger partial charge in [-0.05, 0) is 43.9 Å². The number of Topliss-reactive ketones (excluding diaryl/α,β-unsaturated/α-hetero) is 2. The number of aliphatic hydroxyl groups is 3. The molecule has 8 heteroatoms. The largest absolute Gasteiger partial charge is 0.390 e. The Kier molecular flexibility index (Phi) is 3.92. The van der Waals surface area contributed by atoms with Gasteiger partial charge in [0.05, 0.1) is 18.1 Å². The van der Waals surface area contributed by atoms with Crippen molar-refractivity contribution in [1.82, 2.24) is 0 Å². The van der Waals surface area contributed by atoms with Gasteiger partial charge in [-0.1, -0.05) is 13.8 Å². The minimum absolute atomic E-state index is 0.00182. The van der Waals surface area contributed by atoms with Gasteiger partial charge in [-0.2, -0.15) is 0 Å². The molecular formula is C21H28ClFO6. The molecule has 1 saturated heterocycles. The number of aliphatic hydroxyl groups excluding tert-OH is 2. The predicted octanol–water partition coefficient (Wildman–Crippen LogP) is 1.30. The molecule has 0 bridgehead atoms. The fraction of sp³-hybridized carbons (Fsp3) is 0.905. The summed E-state index contributed by atoms with van der Waals surface area (Å²) >= 11 is 5.73. The van der Waals surface area contributed by atoms with Gasteiger partial charge in [0.15, 0.2) is 17.2 Å². The maximum Gasteiger partial charge on any atom is 0.182 e. The van der Waals surface area contributed by atoms with Gasteiger partial charge in [0.2, 0.25) is 0 Å². The Morgan fingerprint density at radius 3 is 2.59 bits per heavy atom. The first-order valence-electron chi connectivity index (χ1n) is 10.5. The van der Waals surface area contributed by atoms with Crippen molar-refractivity contribution in [3.63, 3.8) is 0 Å². The normalized spacial score (nSPS) is 60.7. The van der Waals surface area contributed by atoms with Gasteiger partial charge in [-0.3, -0.25) is 9.59 Å². The summed E-state index contributed by atoms with van der Waals surface area (Å²) in [4.78, 5) is 24.8. The molecule has 5 rings (SSSR count). The molecule has 5 fully saturated rings. The van der Waals surface area contributed by atoms with E-state index in [1.807, 2.05) is 0 Å². The molecule has 0 aromatic rings. The Morgan fingerprint density at radius 2 is 1.93 bits per heavy atom. The van der Waals surface area contributed by atoms with E-state index in [4.69, 9.17) is 16.3 Å². The number of epoxide rings is 1. The first kappa shape index (κ1) is 20.3. The summed E-state index contributed by atoms with van der Waals surface area (Å²) in [6, 6.07) is 0. The van der Waals surface area contributed by atoms with Gasteiger partial charge in [-0.15, -0.1) is 11.6 Å². The fourth-order valence-corrected chi connectivity index (χ4v) is 8.33. The lowest BCUT2D eigenvalue weighted by atomic mass is 9.41. The highest BCUT2D eigenvalue weighted by molar-refractivity contribution is 6.29. The zero-order valence-electron chi connectivity index (χ0n) is 16.7. The van der Waals surface area contributed by atoms with E-state index >= 15 is 4.39 Å². The minimum atomic E-state index is -2.11. The predicted molar refractivity (Wildman–Crippen MR) is 100 cm³/mol. The smallest absolute Gasteiger partial charge is 0.182 e. The molecule has 4 saturated carbocycles. The molecule has 0 aromatic carbocycles. The molecule has 3 N–H and O–H groups in total. The van der Waals surface area contributed by atoms with Crippen LogP contribution in [0.4, 0.5) is 4.39 Å². The Morgan fingerprint density at radius 1 is 1.24 bits per heavy atom. The van der Waals surface area contributed by atoms with E-state index in [9.17, 15) is 24.9 Å². The van der Waals surface area contributed by atoms with Crippen molar-refractivity contribution in [2.24, 2.45) is 22.7 Å². The summed E-state index contributed by atoms with van der Waals surface area (Å²) in [5.74, 6) is -2.31. The van der Waals surface area contributed by atoms with E-state index in [0.29, 0.717) is 19.3 Å². The molecule has 1 spiro atoms. The van der Waals surface area contributed by atoms with Gasteiger partial charge in [0.1, 0.15) is 17.4 Å². The van der Waals surface area contributed by atoms with E-state index in [-0.39, 0.29) is 25.0 Å². The van der Waals surface area contributed by atoms with Crippen molar-refractivity contribution in [3.8, 4) is 0 Å². The molecular weight excluding hydrogens is 403 g/mol. The highest BCUT2D eigenvalue weighted by Crippen LogP contribution is 2.75. The van der Waals surface area contributed by atoms with E-state index in [0.717, 1.165) is 0 Å². The van der Waals surface area contributed by atoms with Gasteiger partial charge >= 0.3 is 0 Å². The number of ketones is 2. The first-order valence-corrected chi connectivity index (χ1v) is 11.0. The molecule has 162 valence electrons. The number of ether oxygens (including phenoxy) is 1. The molecule has 29 heavy (non-hydrogen) atoms. The summed E-state index contributed by atoms with van der Waals surface area (Å²) in [6.07, 6.45) is -2.13. The van der Waals surface area contributed by atoms with Crippen molar-refractivity contribution < 1.29 is 34.0 Å². The number of hydrogen-bond donors (Lipinski definition) is 3. The van der Waals surface area contributed by atoms with Crippen LogP contribution >= 0.6 is 11.6 Å². The highest BCUT2D eigenvalue weighted by atomic mass is 35.5. The van der Waals surface area contributed by atoms with Gasteiger partial charge in [0.25, 0.3) is 0 Å². The summed E-state index contributed by atoms with van der Waals surface area (Å²) in [5, 5.41) is 33.2. The Labute approximate surface area is 173 Å². The molecule has 4 aliphatic carbocycles. The molecule has 0 aromatic heterocycles. The first-order chi connectivity index (χ1) is 13.4. The van der Waals surface area contributed by atoms with Crippen molar-refractivity contribution >= 4 is 23.2 Å². The van der Waals surface area contributed by atoms with Crippen LogP contribution in [0.15, 0.2) is 0 Å². The number of carbonyl (C=O) groups excluding carboxylic acids is 2. The molecule has 6 nitrogen and oxygen atoms in total. The number of hydrogen-bond acceptors (Lipinski definition) is 6. The van der Waals surface area contributed by atoms with E-state index < -0.39 is 69.5 Å². The molecule has 10 atom stereocenters. The lowest BCUT2D eigenvalue weighted by molar-refractivity contribution is -0.256. The number of fused-ring (bicyclic) bond motifs is 4. The molecule has 4 unspecified atom stereocenters. The maximum absolute atomic E-state index is 17.1. The molecule has 0 amide bonds. The van der Waals surface area contributed by atoms with Crippen LogP contribution in [-0.2, 0) is 14.3 Å². The van der Waals surface area contributed by atoms with Crippen LogP contribution in [0.1, 0.15) is 52.4 Å². The van der Waals surface area contributed by atoms with Crippen LogP contribution in [0, 0.1) is 22.7 Å². The Balaban J connectivity index is 1.61. The maximum atomic E-state index is 17.1. The van der Waals surface area contributed by atoms with E-state index in [1.165, 1.54) is 0 Å². The molecule has 5 aliphatic rings. The third-order valence-electron chi connectivity index (χ3n) is 9.79. The van der Waals surface area contributed by atoms with Gasteiger partial charge in [0, 0.05) is 17.3 Å². The topological polar surface area (TPSA) is 107 Å². The lowest BCUT2D eigenvalue weighted by Crippen LogP contribution is -2.73. The van der Waals surface area contributed by atoms with Crippen molar-refractivity contribution in [1.29, 1.82) is 0 Å². The van der Waals surface area contributed by atoms with Crippen LogP contribution < -0.4 is 0 Å². The quantitative estimate of drug-likeness (QED) is 0.450. The second-order valence-electron chi connectivity index (χ2n) is 10.4. The number of carbonyl (C=O) groups is 2. The van der Waals surface area contributed by atoms with Crippen molar-refractivity contribution in [2.45, 2.75) is 87.6 Å². The number of halogens is 2. The van der Waals surface area contributed by atoms with Crippen molar-refractivity contribution in [2.75, 3.05) is 5.88 Å². The van der Waals surface area contributed by atoms with Crippen LogP contribution in [0.25, 0.3) is 0 Å². The zero-order chi connectivity index (χ0) is 21.2. The summed E-state index contributed by atoms with van der Waals surface area (Å²) in [5.41, 5.74) is -7.24. The van der Waals surface area contributed by atoms with Crippen LogP contribution in [0.2, 0.25) is 0 Å². The SMILES string of the molecule is C[C@]12CC(O)[C@@]3(F)[C@@H](CCC45OC4C(=O)CC[C@@]53C)[C@@H]1CC(O)[C@]2(O)C(=O)CCl. The standard InChI is InChI=1S/C21H28ClFO6/c1-17-8-14(26)20(23)10(11(17)7-13(25)21(17,28)15(27)9-22)3-6-19-16(29-19)12(24)4-5-18(19,20)2/h10-11,13-14,16,25-26,28H,3-9H2,1-2H3/t10-,11-,13?,14?,16?,17-,18-,19?,20-,21-/m0/s1. The average Bonchev–Trinajstić information content (AvgIpc) is 3.39. The van der Waals surface area contributed by atoms with E-state index in [2.05, 4.69) is 0 Å². The van der Waals surface area contributed by atoms with Crippen molar-refractivity contribution in [3.05, 3.63) is 0 Å². The average molecular weight is 431 g/mol. The van der Waals surface area contributed by atoms with E-state index in [1.54, 1.807) is 13.8 Å². The summed E-state index contributed by atoms with van der Waals surface area (Å²) < 4.78 is 22.9. The van der Waals surface area contributed by atoms with Crippen LogP contribution in [0.5, 0.6) is 0 Å². The van der Waals surface area contributed by atoms with Gasteiger partial charge in [-0.25, -0.2) is 4.39 Å². The molecule has 0 radical (unpaired) electrons. The Bertz CT molecular complexity index is 808. The highest BCUT2D eigenvalue weighted by Gasteiger charge is 2.85. The second-order valence-corrected chi connectivity index (χ2v) is 10.7. The molecule has 1 heterocycles. The third kappa shape index (κ3) is 1.90. The van der Waals surface area contributed by atoms with Crippen LogP contribution in [-0.4, -0.2) is 67.9 Å². The third-order valence-corrected chi connectivity index (χ3v) is 10.0. The minimum Gasteiger partial charge on any atom is -0.390 e. The van der Waals surface area contributed by atoms with Gasteiger partial charge < -0.3 is 20.1 Å². The summed E-state index contributed by atoms with van der Waals surface area (Å²) in [7, 11) is 0. The number of rotatable bonds is 2. The zero-order valence-corrected chi connectivity index (χ0v) is 17.4. The Hall–Kier alpha value is -0.600. The fourth-order valence-electron chi connectivity index (χ4n) is 8.12. The second kappa shape index (κ2) is 5.60. The summed E-state index contributed by atoms with van der Waals surface area (Å²) in [6.45, 7) is 3.44. The van der Waals surface area contributed by atoms with Crippen LogP contribution in [0.3, 0.4) is 0 Å². The number of alkyl halides is 2. The molecule has 1 aliphatic heterocycles.